The van der Waals surface area contributed by atoms with E-state index >= 15 is 0 Å². The molecule has 1 amide bonds. The molecule has 0 aromatic heterocycles. The molecule has 1 aliphatic heterocycles. The third-order valence-corrected chi connectivity index (χ3v) is 4.76. The molecule has 8 heteroatoms. The summed E-state index contributed by atoms with van der Waals surface area (Å²) < 4.78 is 24.3. The summed E-state index contributed by atoms with van der Waals surface area (Å²) in [6.45, 7) is 3.19. The van der Waals surface area contributed by atoms with Crippen molar-refractivity contribution in [3.63, 3.8) is 0 Å². The van der Waals surface area contributed by atoms with E-state index in [2.05, 4.69) is 5.32 Å². The van der Waals surface area contributed by atoms with E-state index in [1.165, 1.54) is 4.31 Å². The molecule has 1 rings (SSSR count). The minimum atomic E-state index is -3.06. The van der Waals surface area contributed by atoms with E-state index < -0.39 is 16.1 Å². The molecule has 1 atom stereocenters. The Kier molecular flexibility index (Phi) is 7.77. The molecule has 1 heterocycles. The quantitative estimate of drug-likeness (QED) is 0.703. The molecule has 108 valence electrons. The molecular weight excluding hydrogens is 278 g/mol. The van der Waals surface area contributed by atoms with Crippen LogP contribution in [0, 0.1) is 0 Å². The van der Waals surface area contributed by atoms with Crippen LogP contribution in [0.25, 0.3) is 0 Å². The molecule has 1 aliphatic rings. The van der Waals surface area contributed by atoms with Crippen molar-refractivity contribution in [3.8, 4) is 0 Å². The number of halogens is 1. The predicted molar refractivity (Wildman–Crippen MR) is 73.1 cm³/mol. The molecule has 1 saturated heterocycles. The first-order chi connectivity index (χ1) is 7.97. The molecule has 0 aromatic rings. The van der Waals surface area contributed by atoms with Gasteiger partial charge in [0.05, 0.1) is 11.8 Å². The maximum absolute atomic E-state index is 11.5. The topological polar surface area (TPSA) is 92.5 Å². The van der Waals surface area contributed by atoms with Gasteiger partial charge in [0.2, 0.25) is 15.9 Å². The van der Waals surface area contributed by atoms with E-state index in [1.54, 1.807) is 0 Å². The summed E-state index contributed by atoms with van der Waals surface area (Å²) in [7, 11) is -3.06. The second-order valence-corrected chi connectivity index (χ2v) is 6.34. The highest BCUT2D eigenvalue weighted by atomic mass is 35.5. The minimum absolute atomic E-state index is 0. The first kappa shape index (κ1) is 17.6. The SMILES string of the molecule is CCCC(N)C(=O)NCCN1CCCS1(=O)=O.Cl. The van der Waals surface area contributed by atoms with Crippen molar-refractivity contribution in [2.45, 2.75) is 32.2 Å². The average Bonchev–Trinajstić information content (AvgIpc) is 2.58. The first-order valence-electron chi connectivity index (χ1n) is 5.98. The Hall–Kier alpha value is -0.370. The predicted octanol–water partition coefficient (Wildman–Crippen LogP) is -0.313. The molecule has 0 aliphatic carbocycles. The molecule has 18 heavy (non-hydrogen) atoms. The third-order valence-electron chi connectivity index (χ3n) is 2.80. The van der Waals surface area contributed by atoms with E-state index in [1.807, 2.05) is 6.92 Å². The number of sulfonamides is 1. The molecule has 0 radical (unpaired) electrons. The van der Waals surface area contributed by atoms with Crippen LogP contribution in [-0.4, -0.2) is 50.1 Å². The highest BCUT2D eigenvalue weighted by molar-refractivity contribution is 7.89. The summed E-state index contributed by atoms with van der Waals surface area (Å²) >= 11 is 0. The number of hydrogen-bond acceptors (Lipinski definition) is 4. The van der Waals surface area contributed by atoms with Gasteiger partial charge in [0, 0.05) is 19.6 Å². The van der Waals surface area contributed by atoms with Crippen molar-refractivity contribution < 1.29 is 13.2 Å². The van der Waals surface area contributed by atoms with Crippen molar-refractivity contribution in [2.24, 2.45) is 5.73 Å². The number of carbonyl (C=O) groups excluding carboxylic acids is 1. The van der Waals surface area contributed by atoms with Gasteiger partial charge in [0.1, 0.15) is 0 Å². The van der Waals surface area contributed by atoms with E-state index in [-0.39, 0.29) is 24.1 Å². The number of amides is 1. The van der Waals surface area contributed by atoms with Crippen molar-refractivity contribution in [1.29, 1.82) is 0 Å². The fourth-order valence-electron chi connectivity index (χ4n) is 1.82. The fraction of sp³-hybridized carbons (Fsp3) is 0.900. The summed E-state index contributed by atoms with van der Waals surface area (Å²) in [4.78, 5) is 11.5. The Balaban J connectivity index is 0.00000289. The largest absolute Gasteiger partial charge is 0.353 e. The van der Waals surface area contributed by atoms with Gasteiger partial charge >= 0.3 is 0 Å². The highest BCUT2D eigenvalue weighted by Crippen LogP contribution is 2.11. The minimum Gasteiger partial charge on any atom is -0.353 e. The number of hydrogen-bond donors (Lipinski definition) is 2. The zero-order valence-corrected chi connectivity index (χ0v) is 12.2. The smallest absolute Gasteiger partial charge is 0.236 e. The molecule has 6 nitrogen and oxygen atoms in total. The monoisotopic (exact) mass is 299 g/mol. The van der Waals surface area contributed by atoms with Gasteiger partial charge < -0.3 is 11.1 Å². The van der Waals surface area contributed by atoms with E-state index in [0.717, 1.165) is 6.42 Å². The Bertz CT molecular complexity index is 361. The lowest BCUT2D eigenvalue weighted by molar-refractivity contribution is -0.122. The molecule has 0 aromatic carbocycles. The normalized spacial score (nSPS) is 20.1. The lowest BCUT2D eigenvalue weighted by Gasteiger charge is -2.16. The van der Waals surface area contributed by atoms with Gasteiger partial charge in [0.15, 0.2) is 0 Å². The Morgan fingerprint density at radius 1 is 1.50 bits per heavy atom. The molecule has 1 fully saturated rings. The summed E-state index contributed by atoms with van der Waals surface area (Å²) in [6.07, 6.45) is 2.18. The van der Waals surface area contributed by atoms with Gasteiger partial charge in [-0.05, 0) is 12.8 Å². The van der Waals surface area contributed by atoms with E-state index in [4.69, 9.17) is 5.73 Å². The molecule has 0 saturated carbocycles. The summed E-state index contributed by atoms with van der Waals surface area (Å²) in [5, 5.41) is 2.66. The van der Waals surface area contributed by atoms with Crippen molar-refractivity contribution >= 4 is 28.3 Å². The number of nitrogens with zero attached hydrogens (tertiary/aromatic N) is 1. The fourth-order valence-corrected chi connectivity index (χ4v) is 3.35. The van der Waals surface area contributed by atoms with Crippen LogP contribution < -0.4 is 11.1 Å². The van der Waals surface area contributed by atoms with Crippen LogP contribution in [0.3, 0.4) is 0 Å². The van der Waals surface area contributed by atoms with Gasteiger partial charge in [-0.25, -0.2) is 12.7 Å². The van der Waals surface area contributed by atoms with Crippen LogP contribution in [0.5, 0.6) is 0 Å². The summed E-state index contributed by atoms with van der Waals surface area (Å²) in [6, 6.07) is -0.491. The van der Waals surface area contributed by atoms with Crippen LogP contribution >= 0.6 is 12.4 Å². The van der Waals surface area contributed by atoms with Crippen LogP contribution in [0.1, 0.15) is 26.2 Å². The van der Waals surface area contributed by atoms with E-state index in [9.17, 15) is 13.2 Å². The van der Waals surface area contributed by atoms with Gasteiger partial charge in [-0.1, -0.05) is 13.3 Å². The van der Waals surface area contributed by atoms with Crippen LogP contribution in [-0.2, 0) is 14.8 Å². The summed E-state index contributed by atoms with van der Waals surface area (Å²) in [5.41, 5.74) is 5.63. The zero-order chi connectivity index (χ0) is 12.9. The number of rotatable bonds is 6. The van der Waals surface area contributed by atoms with Crippen LogP contribution in [0.4, 0.5) is 0 Å². The summed E-state index contributed by atoms with van der Waals surface area (Å²) in [5.74, 6) is 0.0134. The number of nitrogens with one attached hydrogen (secondary N) is 1. The number of nitrogens with two attached hydrogens (primary N) is 1. The van der Waals surface area contributed by atoms with Crippen LogP contribution in [0.15, 0.2) is 0 Å². The Morgan fingerprint density at radius 3 is 2.67 bits per heavy atom. The number of carbonyl (C=O) groups is 1. The molecule has 1 unspecified atom stereocenters. The van der Waals surface area contributed by atoms with Gasteiger partial charge in [-0.15, -0.1) is 12.4 Å². The van der Waals surface area contributed by atoms with Gasteiger partial charge in [-0.2, -0.15) is 0 Å². The Morgan fingerprint density at radius 2 is 2.17 bits per heavy atom. The standard InChI is InChI=1S/C10H21N3O3S.ClH/c1-2-4-9(11)10(14)12-5-7-13-6-3-8-17(13,15)16;/h9H,2-8,11H2,1H3,(H,12,14);1H. The zero-order valence-electron chi connectivity index (χ0n) is 10.6. The molecule has 0 spiro atoms. The Labute approximate surface area is 115 Å². The lowest BCUT2D eigenvalue weighted by atomic mass is 10.2. The van der Waals surface area contributed by atoms with Crippen LogP contribution in [0.2, 0.25) is 0 Å². The molecule has 0 bridgehead atoms. The van der Waals surface area contributed by atoms with Crippen molar-refractivity contribution in [3.05, 3.63) is 0 Å². The highest BCUT2D eigenvalue weighted by Gasteiger charge is 2.27. The van der Waals surface area contributed by atoms with Gasteiger partial charge in [0.25, 0.3) is 0 Å². The second kappa shape index (κ2) is 7.93. The first-order valence-corrected chi connectivity index (χ1v) is 7.59. The van der Waals surface area contributed by atoms with E-state index in [0.29, 0.717) is 32.5 Å². The van der Waals surface area contributed by atoms with Gasteiger partial charge in [-0.3, -0.25) is 4.79 Å². The maximum Gasteiger partial charge on any atom is 0.236 e. The van der Waals surface area contributed by atoms with Crippen molar-refractivity contribution in [1.82, 2.24) is 9.62 Å². The average molecular weight is 300 g/mol. The molecule has 3 N–H and O–H groups in total. The second-order valence-electron chi connectivity index (χ2n) is 4.25. The molecular formula is C10H22ClN3O3S. The maximum atomic E-state index is 11.5. The van der Waals surface area contributed by atoms with Crippen molar-refractivity contribution in [2.75, 3.05) is 25.4 Å². The lowest BCUT2D eigenvalue weighted by Crippen LogP contribution is -2.43. The third kappa shape index (κ3) is 5.09.